The second-order valence-electron chi connectivity index (χ2n) is 5.74. The van der Waals surface area contributed by atoms with Crippen molar-refractivity contribution < 1.29 is 9.47 Å². The summed E-state index contributed by atoms with van der Waals surface area (Å²) < 4.78 is 12.7. The highest BCUT2D eigenvalue weighted by Crippen LogP contribution is 2.37. The molecule has 2 N–H and O–H groups in total. The Bertz CT molecular complexity index is 853. The molecule has 0 aliphatic rings. The number of H-pyrrole nitrogens is 1. The van der Waals surface area contributed by atoms with E-state index in [1.54, 1.807) is 0 Å². The fourth-order valence-electron chi connectivity index (χ4n) is 2.52. The molecule has 26 heavy (non-hydrogen) atoms. The SMILES string of the molecule is CCOc1cc(CNc2ncn[nH]2)cc(Br)c1OCc1ccccc1C. The van der Waals surface area contributed by atoms with Crippen LogP contribution < -0.4 is 14.8 Å². The van der Waals surface area contributed by atoms with E-state index in [9.17, 15) is 0 Å². The lowest BCUT2D eigenvalue weighted by Crippen LogP contribution is -2.05. The van der Waals surface area contributed by atoms with Crippen LogP contribution in [-0.4, -0.2) is 21.8 Å². The summed E-state index contributed by atoms with van der Waals surface area (Å²) in [6.45, 7) is 5.67. The van der Waals surface area contributed by atoms with Crippen LogP contribution >= 0.6 is 15.9 Å². The molecule has 0 saturated carbocycles. The standard InChI is InChI=1S/C19H21BrN4O2/c1-3-25-17-9-14(10-21-19-22-12-23-24-19)8-16(20)18(17)26-11-15-7-5-4-6-13(15)2/h4-9,12H,3,10-11H2,1-2H3,(H2,21,22,23,24). The first kappa shape index (κ1) is 18.3. The molecule has 0 fully saturated rings. The molecule has 0 aliphatic carbocycles. The average Bonchev–Trinajstić information content (AvgIpc) is 3.14. The summed E-state index contributed by atoms with van der Waals surface area (Å²) in [7, 11) is 0. The first-order valence-electron chi connectivity index (χ1n) is 8.39. The summed E-state index contributed by atoms with van der Waals surface area (Å²) in [6, 6.07) is 12.2. The van der Waals surface area contributed by atoms with Crippen molar-refractivity contribution in [3.8, 4) is 11.5 Å². The smallest absolute Gasteiger partial charge is 0.218 e. The molecule has 0 amide bonds. The van der Waals surface area contributed by atoms with Crippen LogP contribution in [0.4, 0.5) is 5.95 Å². The molecule has 0 radical (unpaired) electrons. The maximum Gasteiger partial charge on any atom is 0.218 e. The number of aryl methyl sites for hydroxylation is 1. The first-order chi connectivity index (χ1) is 12.7. The topological polar surface area (TPSA) is 72.1 Å². The lowest BCUT2D eigenvalue weighted by atomic mass is 10.1. The number of benzene rings is 2. The quantitative estimate of drug-likeness (QED) is 0.566. The molecule has 0 aliphatic heterocycles. The van der Waals surface area contributed by atoms with Crippen molar-refractivity contribution in [1.29, 1.82) is 0 Å². The Morgan fingerprint density at radius 2 is 2.04 bits per heavy atom. The van der Waals surface area contributed by atoms with Gasteiger partial charge in [-0.25, -0.2) is 10.1 Å². The molecule has 0 spiro atoms. The molecule has 0 saturated heterocycles. The lowest BCUT2D eigenvalue weighted by molar-refractivity contribution is 0.267. The fraction of sp³-hybridized carbons (Fsp3) is 0.263. The van der Waals surface area contributed by atoms with Gasteiger partial charge >= 0.3 is 0 Å². The van der Waals surface area contributed by atoms with E-state index in [1.165, 1.54) is 11.9 Å². The van der Waals surface area contributed by atoms with Crippen LogP contribution in [0.5, 0.6) is 11.5 Å². The number of nitrogens with one attached hydrogen (secondary N) is 2. The first-order valence-corrected chi connectivity index (χ1v) is 9.18. The Kier molecular flexibility index (Phi) is 6.12. The summed E-state index contributed by atoms with van der Waals surface area (Å²) in [6.07, 6.45) is 1.46. The molecule has 1 aromatic heterocycles. The van der Waals surface area contributed by atoms with Crippen LogP contribution in [0.2, 0.25) is 0 Å². The predicted octanol–water partition coefficient (Wildman–Crippen LogP) is 4.47. The molecular formula is C19H21BrN4O2. The van der Waals surface area contributed by atoms with Gasteiger partial charge in [0.1, 0.15) is 12.9 Å². The van der Waals surface area contributed by atoms with Crippen molar-refractivity contribution in [2.75, 3.05) is 11.9 Å². The van der Waals surface area contributed by atoms with Gasteiger partial charge in [-0.2, -0.15) is 5.10 Å². The number of aromatic amines is 1. The van der Waals surface area contributed by atoms with E-state index >= 15 is 0 Å². The van der Waals surface area contributed by atoms with Gasteiger partial charge in [-0.1, -0.05) is 24.3 Å². The highest BCUT2D eigenvalue weighted by molar-refractivity contribution is 9.10. The van der Waals surface area contributed by atoms with Crippen molar-refractivity contribution in [2.24, 2.45) is 0 Å². The van der Waals surface area contributed by atoms with E-state index in [4.69, 9.17) is 9.47 Å². The van der Waals surface area contributed by atoms with E-state index in [-0.39, 0.29) is 0 Å². The second kappa shape index (κ2) is 8.71. The summed E-state index contributed by atoms with van der Waals surface area (Å²) in [5.74, 6) is 2.04. The van der Waals surface area contributed by atoms with Gasteiger partial charge in [0.2, 0.25) is 5.95 Å². The van der Waals surface area contributed by atoms with Crippen LogP contribution in [0.3, 0.4) is 0 Å². The van der Waals surface area contributed by atoms with E-state index in [0.717, 1.165) is 15.6 Å². The van der Waals surface area contributed by atoms with Crippen molar-refractivity contribution >= 4 is 21.9 Å². The summed E-state index contributed by atoms with van der Waals surface area (Å²) >= 11 is 3.61. The molecule has 1 heterocycles. The Morgan fingerprint density at radius 1 is 1.19 bits per heavy atom. The van der Waals surface area contributed by atoms with E-state index in [2.05, 4.69) is 55.5 Å². The monoisotopic (exact) mass is 416 g/mol. The molecule has 0 unspecified atom stereocenters. The highest BCUT2D eigenvalue weighted by Gasteiger charge is 2.13. The summed E-state index contributed by atoms with van der Waals surface area (Å²) in [4.78, 5) is 4.06. The maximum absolute atomic E-state index is 6.07. The van der Waals surface area contributed by atoms with Gasteiger partial charge < -0.3 is 14.8 Å². The molecule has 7 heteroatoms. The van der Waals surface area contributed by atoms with Gasteiger partial charge in [0.05, 0.1) is 11.1 Å². The Balaban J connectivity index is 1.76. The minimum atomic E-state index is 0.487. The third-order valence-electron chi connectivity index (χ3n) is 3.88. The number of nitrogens with zero attached hydrogens (tertiary/aromatic N) is 2. The molecule has 0 atom stereocenters. The van der Waals surface area contributed by atoms with E-state index in [1.807, 2.05) is 31.2 Å². The number of halogens is 1. The molecule has 3 rings (SSSR count). The van der Waals surface area contributed by atoms with Gasteiger partial charge in [0, 0.05) is 6.54 Å². The van der Waals surface area contributed by atoms with Crippen LogP contribution in [-0.2, 0) is 13.2 Å². The van der Waals surface area contributed by atoms with Crippen molar-refractivity contribution in [3.63, 3.8) is 0 Å². The largest absolute Gasteiger partial charge is 0.490 e. The van der Waals surface area contributed by atoms with E-state index < -0.39 is 0 Å². The number of aromatic nitrogens is 3. The van der Waals surface area contributed by atoms with Gasteiger partial charge in [-0.3, -0.25) is 0 Å². The minimum Gasteiger partial charge on any atom is -0.490 e. The zero-order valence-electron chi connectivity index (χ0n) is 14.8. The third-order valence-corrected chi connectivity index (χ3v) is 4.47. The number of ether oxygens (including phenoxy) is 2. The normalized spacial score (nSPS) is 10.6. The molecule has 0 bridgehead atoms. The molecule has 136 valence electrons. The van der Waals surface area contributed by atoms with Crippen LogP contribution in [0.1, 0.15) is 23.6 Å². The average molecular weight is 417 g/mol. The maximum atomic E-state index is 6.07. The van der Waals surface area contributed by atoms with E-state index in [0.29, 0.717) is 37.2 Å². The Morgan fingerprint density at radius 3 is 2.77 bits per heavy atom. The summed E-state index contributed by atoms with van der Waals surface area (Å²) in [5, 5.41) is 9.77. The van der Waals surface area contributed by atoms with Crippen molar-refractivity contribution in [1.82, 2.24) is 15.2 Å². The second-order valence-corrected chi connectivity index (χ2v) is 6.60. The van der Waals surface area contributed by atoms with Gasteiger partial charge in [-0.15, -0.1) is 0 Å². The van der Waals surface area contributed by atoms with Gasteiger partial charge in [-0.05, 0) is 58.6 Å². The number of hydrogen-bond acceptors (Lipinski definition) is 5. The molecule has 2 aromatic carbocycles. The Labute approximate surface area is 161 Å². The highest BCUT2D eigenvalue weighted by atomic mass is 79.9. The molecule has 6 nitrogen and oxygen atoms in total. The van der Waals surface area contributed by atoms with Crippen LogP contribution in [0, 0.1) is 6.92 Å². The zero-order valence-corrected chi connectivity index (χ0v) is 16.3. The minimum absolute atomic E-state index is 0.487. The number of anilines is 1. The van der Waals surface area contributed by atoms with Gasteiger partial charge in [0.15, 0.2) is 11.5 Å². The number of hydrogen-bond donors (Lipinski definition) is 2. The van der Waals surface area contributed by atoms with Crippen molar-refractivity contribution in [3.05, 3.63) is 63.9 Å². The summed E-state index contributed by atoms with van der Waals surface area (Å²) in [5.41, 5.74) is 3.40. The lowest BCUT2D eigenvalue weighted by Gasteiger charge is -2.16. The predicted molar refractivity (Wildman–Crippen MR) is 105 cm³/mol. The van der Waals surface area contributed by atoms with Crippen LogP contribution in [0.15, 0.2) is 47.2 Å². The number of rotatable bonds is 8. The zero-order chi connectivity index (χ0) is 18.4. The van der Waals surface area contributed by atoms with Crippen LogP contribution in [0.25, 0.3) is 0 Å². The molecular weight excluding hydrogens is 396 g/mol. The molecule has 3 aromatic rings. The third kappa shape index (κ3) is 4.54. The van der Waals surface area contributed by atoms with Crippen molar-refractivity contribution in [2.45, 2.75) is 27.0 Å². The fourth-order valence-corrected chi connectivity index (χ4v) is 3.13. The Hall–Kier alpha value is -2.54. The van der Waals surface area contributed by atoms with Gasteiger partial charge in [0.25, 0.3) is 0 Å².